The second-order valence-electron chi connectivity index (χ2n) is 4.74. The van der Waals surface area contributed by atoms with Crippen LogP contribution in [-0.4, -0.2) is 5.78 Å². The number of carbonyl (C=O) groups is 1. The van der Waals surface area contributed by atoms with E-state index in [4.69, 9.17) is 4.74 Å². The average Bonchev–Trinajstić information content (AvgIpc) is 2.53. The summed E-state index contributed by atoms with van der Waals surface area (Å²) in [6, 6.07) is 15.9. The first-order valence-electron chi connectivity index (χ1n) is 7.07. The third kappa shape index (κ3) is 3.47. The lowest BCUT2D eigenvalue weighted by atomic mass is 10.0. The molecule has 0 aliphatic carbocycles. The molecule has 2 aromatic carbocycles. The predicted molar refractivity (Wildman–Crippen MR) is 81.2 cm³/mol. The Balaban J connectivity index is 2.20. The Hall–Kier alpha value is -2.09. The van der Waals surface area contributed by atoms with E-state index in [1.165, 1.54) is 0 Å². The lowest BCUT2D eigenvalue weighted by molar-refractivity contribution is 0.0983. The van der Waals surface area contributed by atoms with Gasteiger partial charge in [0, 0.05) is 6.42 Å². The van der Waals surface area contributed by atoms with Crippen molar-refractivity contribution >= 4 is 5.78 Å². The summed E-state index contributed by atoms with van der Waals surface area (Å²) < 4.78 is 5.82. The molecule has 0 heterocycles. The standard InChI is InChI=1S/C18H20O2/c1-3-14-10-11-18(16(12-14)17(19)4-2)20-13-15-8-6-5-7-9-15/h5-12H,3-4,13H2,1-2H3. The van der Waals surface area contributed by atoms with Crippen molar-refractivity contribution in [2.75, 3.05) is 0 Å². The molecule has 0 saturated carbocycles. The fourth-order valence-corrected chi connectivity index (χ4v) is 2.07. The molecule has 0 amide bonds. The lowest BCUT2D eigenvalue weighted by Crippen LogP contribution is -2.04. The molecule has 2 rings (SSSR count). The number of carbonyl (C=O) groups excluding carboxylic acids is 1. The number of benzene rings is 2. The largest absolute Gasteiger partial charge is 0.488 e. The molecule has 0 unspecified atom stereocenters. The van der Waals surface area contributed by atoms with Crippen LogP contribution in [0.4, 0.5) is 0 Å². The minimum Gasteiger partial charge on any atom is -0.488 e. The summed E-state index contributed by atoms with van der Waals surface area (Å²) in [6.07, 6.45) is 1.41. The SMILES string of the molecule is CCC(=O)c1cc(CC)ccc1OCc1ccccc1. The van der Waals surface area contributed by atoms with Crippen molar-refractivity contribution in [3.8, 4) is 5.75 Å². The van der Waals surface area contributed by atoms with Crippen molar-refractivity contribution in [2.45, 2.75) is 33.3 Å². The molecule has 2 aromatic rings. The summed E-state index contributed by atoms with van der Waals surface area (Å²) in [5.41, 5.74) is 2.96. The van der Waals surface area contributed by atoms with Gasteiger partial charge >= 0.3 is 0 Å². The van der Waals surface area contributed by atoms with E-state index < -0.39 is 0 Å². The second kappa shape index (κ2) is 6.90. The van der Waals surface area contributed by atoms with Crippen LogP contribution in [0.15, 0.2) is 48.5 Å². The molecule has 0 aromatic heterocycles. The van der Waals surface area contributed by atoms with Gasteiger partial charge in [-0.1, -0.05) is 50.2 Å². The molecule has 0 fully saturated rings. The topological polar surface area (TPSA) is 26.3 Å². The Morgan fingerprint density at radius 3 is 2.40 bits per heavy atom. The molecule has 0 atom stereocenters. The Morgan fingerprint density at radius 2 is 1.75 bits per heavy atom. The molecule has 0 saturated heterocycles. The molecule has 0 N–H and O–H groups in total. The molecule has 0 radical (unpaired) electrons. The Kier molecular flexibility index (Phi) is 4.94. The molecule has 104 valence electrons. The van der Waals surface area contributed by atoms with Crippen molar-refractivity contribution < 1.29 is 9.53 Å². The third-order valence-corrected chi connectivity index (χ3v) is 3.31. The van der Waals surface area contributed by atoms with E-state index in [1.54, 1.807) is 0 Å². The van der Waals surface area contributed by atoms with Crippen molar-refractivity contribution in [1.82, 2.24) is 0 Å². The van der Waals surface area contributed by atoms with Crippen LogP contribution in [0.3, 0.4) is 0 Å². The van der Waals surface area contributed by atoms with Gasteiger partial charge in [0.05, 0.1) is 5.56 Å². The summed E-state index contributed by atoms with van der Waals surface area (Å²) >= 11 is 0. The highest BCUT2D eigenvalue weighted by molar-refractivity contribution is 5.98. The fourth-order valence-electron chi connectivity index (χ4n) is 2.07. The number of ketones is 1. The van der Waals surface area contributed by atoms with Gasteiger partial charge in [-0.05, 0) is 29.7 Å². The van der Waals surface area contributed by atoms with Crippen LogP contribution in [0.5, 0.6) is 5.75 Å². The highest BCUT2D eigenvalue weighted by Crippen LogP contribution is 2.23. The Labute approximate surface area is 120 Å². The maximum Gasteiger partial charge on any atom is 0.166 e. The van der Waals surface area contributed by atoms with Crippen LogP contribution in [0.1, 0.15) is 41.8 Å². The minimum absolute atomic E-state index is 0.128. The van der Waals surface area contributed by atoms with Crippen LogP contribution in [0, 0.1) is 0 Å². The van der Waals surface area contributed by atoms with Crippen LogP contribution in [0.25, 0.3) is 0 Å². The van der Waals surface area contributed by atoms with Crippen LogP contribution >= 0.6 is 0 Å². The average molecular weight is 268 g/mol. The van der Waals surface area contributed by atoms with Gasteiger partial charge in [-0.2, -0.15) is 0 Å². The van der Waals surface area contributed by atoms with Gasteiger partial charge in [-0.3, -0.25) is 4.79 Å². The summed E-state index contributed by atoms with van der Waals surface area (Å²) in [5, 5.41) is 0. The first-order valence-corrected chi connectivity index (χ1v) is 7.07. The number of hydrogen-bond donors (Lipinski definition) is 0. The normalized spacial score (nSPS) is 10.3. The van der Waals surface area contributed by atoms with E-state index in [0.29, 0.717) is 24.3 Å². The minimum atomic E-state index is 0.128. The molecule has 0 aliphatic heterocycles. The summed E-state index contributed by atoms with van der Waals surface area (Å²) in [5.74, 6) is 0.807. The van der Waals surface area contributed by atoms with Gasteiger partial charge in [0.15, 0.2) is 5.78 Å². The quantitative estimate of drug-likeness (QED) is 0.725. The van der Waals surface area contributed by atoms with E-state index in [2.05, 4.69) is 6.92 Å². The zero-order valence-corrected chi connectivity index (χ0v) is 12.1. The van der Waals surface area contributed by atoms with E-state index in [0.717, 1.165) is 17.5 Å². The van der Waals surface area contributed by atoms with Gasteiger partial charge < -0.3 is 4.74 Å². The molecule has 20 heavy (non-hydrogen) atoms. The fraction of sp³-hybridized carbons (Fsp3) is 0.278. The maximum atomic E-state index is 12.0. The molecule has 0 spiro atoms. The van der Waals surface area contributed by atoms with E-state index in [9.17, 15) is 4.79 Å². The Bertz CT molecular complexity index is 573. The molecule has 2 heteroatoms. The van der Waals surface area contributed by atoms with Crippen molar-refractivity contribution in [1.29, 1.82) is 0 Å². The van der Waals surface area contributed by atoms with Crippen molar-refractivity contribution in [3.05, 3.63) is 65.2 Å². The van der Waals surface area contributed by atoms with Gasteiger partial charge in [0.2, 0.25) is 0 Å². The van der Waals surface area contributed by atoms with Gasteiger partial charge in [0.1, 0.15) is 12.4 Å². The predicted octanol–water partition coefficient (Wildman–Crippen LogP) is 4.42. The van der Waals surface area contributed by atoms with Crippen LogP contribution < -0.4 is 4.74 Å². The first-order chi connectivity index (χ1) is 9.74. The zero-order chi connectivity index (χ0) is 14.4. The number of aryl methyl sites for hydroxylation is 1. The third-order valence-electron chi connectivity index (χ3n) is 3.31. The van der Waals surface area contributed by atoms with Gasteiger partial charge in [0.25, 0.3) is 0 Å². The first kappa shape index (κ1) is 14.3. The van der Waals surface area contributed by atoms with Crippen LogP contribution in [0.2, 0.25) is 0 Å². The smallest absolute Gasteiger partial charge is 0.166 e. The lowest BCUT2D eigenvalue weighted by Gasteiger charge is -2.12. The van der Waals surface area contributed by atoms with Gasteiger partial charge in [-0.15, -0.1) is 0 Å². The monoisotopic (exact) mass is 268 g/mol. The highest BCUT2D eigenvalue weighted by Gasteiger charge is 2.11. The zero-order valence-electron chi connectivity index (χ0n) is 12.1. The molecule has 0 aliphatic rings. The number of Topliss-reactive ketones (excluding diaryl/α,β-unsaturated/α-hetero) is 1. The molecule has 2 nitrogen and oxygen atoms in total. The van der Waals surface area contributed by atoms with E-state index in [-0.39, 0.29) is 5.78 Å². The summed E-state index contributed by atoms with van der Waals surface area (Å²) in [6.45, 7) is 4.44. The number of rotatable bonds is 6. The van der Waals surface area contributed by atoms with Crippen molar-refractivity contribution in [3.63, 3.8) is 0 Å². The number of ether oxygens (including phenoxy) is 1. The molecular weight excluding hydrogens is 248 g/mol. The maximum absolute atomic E-state index is 12.0. The highest BCUT2D eigenvalue weighted by atomic mass is 16.5. The van der Waals surface area contributed by atoms with E-state index in [1.807, 2.05) is 55.5 Å². The van der Waals surface area contributed by atoms with Gasteiger partial charge in [-0.25, -0.2) is 0 Å². The van der Waals surface area contributed by atoms with E-state index >= 15 is 0 Å². The summed E-state index contributed by atoms with van der Waals surface area (Å²) in [4.78, 5) is 12.0. The number of hydrogen-bond acceptors (Lipinski definition) is 2. The van der Waals surface area contributed by atoms with Crippen molar-refractivity contribution in [2.24, 2.45) is 0 Å². The molecule has 0 bridgehead atoms. The van der Waals surface area contributed by atoms with Crippen LogP contribution in [-0.2, 0) is 13.0 Å². The molecular formula is C18H20O2. The Morgan fingerprint density at radius 1 is 1.00 bits per heavy atom. The second-order valence-corrected chi connectivity index (χ2v) is 4.74. The summed E-state index contributed by atoms with van der Waals surface area (Å²) in [7, 11) is 0.